The Morgan fingerprint density at radius 3 is 3.09 bits per heavy atom. The standard InChI is InChI=1S/C14H18N4O3S/c1-4-9-10(20-8(3)19)5-11(21-9)18-6-15-12-13(18)16-7(2)17-14(12)22/h6,9-11H,4-5H2,1-3H3,(H,16,17,22)/t9-,10+,11?/m1/s1. The summed E-state index contributed by atoms with van der Waals surface area (Å²) in [7, 11) is 0. The third kappa shape index (κ3) is 2.64. The van der Waals surface area contributed by atoms with E-state index >= 15 is 0 Å². The highest BCUT2D eigenvalue weighted by molar-refractivity contribution is 7.71. The van der Waals surface area contributed by atoms with Crippen LogP contribution in [0.2, 0.25) is 0 Å². The maximum absolute atomic E-state index is 11.2. The van der Waals surface area contributed by atoms with Crippen molar-refractivity contribution in [2.75, 3.05) is 0 Å². The van der Waals surface area contributed by atoms with Gasteiger partial charge in [-0.15, -0.1) is 0 Å². The Morgan fingerprint density at radius 1 is 1.64 bits per heavy atom. The molecule has 1 aliphatic heterocycles. The molecule has 3 heterocycles. The van der Waals surface area contributed by atoms with Crippen LogP contribution < -0.4 is 0 Å². The number of carbonyl (C=O) groups excluding carboxylic acids is 1. The SMILES string of the molecule is CC[C@H]1OC(n2cnc3c(=S)nc(C)[nH]c32)C[C@@H]1OC(C)=O. The summed E-state index contributed by atoms with van der Waals surface area (Å²) in [4.78, 5) is 22.9. The van der Waals surface area contributed by atoms with Crippen molar-refractivity contribution in [1.82, 2.24) is 19.5 Å². The van der Waals surface area contributed by atoms with Gasteiger partial charge in [0.1, 0.15) is 29.3 Å². The van der Waals surface area contributed by atoms with E-state index in [1.807, 2.05) is 18.4 Å². The minimum absolute atomic E-state index is 0.114. The Balaban J connectivity index is 1.95. The van der Waals surface area contributed by atoms with E-state index in [4.69, 9.17) is 21.7 Å². The Morgan fingerprint density at radius 2 is 2.41 bits per heavy atom. The molecule has 2 aromatic heterocycles. The predicted molar refractivity (Wildman–Crippen MR) is 81.8 cm³/mol. The molecule has 0 aliphatic carbocycles. The van der Waals surface area contributed by atoms with Gasteiger partial charge in [-0.2, -0.15) is 0 Å². The van der Waals surface area contributed by atoms with E-state index in [2.05, 4.69) is 15.0 Å². The maximum atomic E-state index is 11.2. The zero-order chi connectivity index (χ0) is 15.9. The highest BCUT2D eigenvalue weighted by Gasteiger charge is 2.37. The number of ether oxygens (including phenoxy) is 2. The zero-order valence-corrected chi connectivity index (χ0v) is 13.5. The van der Waals surface area contributed by atoms with Gasteiger partial charge in [-0.05, 0) is 13.3 Å². The summed E-state index contributed by atoms with van der Waals surface area (Å²) in [5, 5.41) is 0. The Labute approximate surface area is 132 Å². The number of imidazole rings is 1. The fraction of sp³-hybridized carbons (Fsp3) is 0.571. The van der Waals surface area contributed by atoms with Gasteiger partial charge in [0.2, 0.25) is 0 Å². The summed E-state index contributed by atoms with van der Waals surface area (Å²) in [5.74, 6) is 0.434. The Hall–Kier alpha value is -1.80. The third-order valence-electron chi connectivity index (χ3n) is 3.78. The lowest BCUT2D eigenvalue weighted by Gasteiger charge is -2.16. The first-order valence-corrected chi connectivity index (χ1v) is 7.66. The molecule has 1 fully saturated rings. The molecule has 2 aromatic rings. The van der Waals surface area contributed by atoms with Crippen LogP contribution in [0.25, 0.3) is 11.2 Å². The largest absolute Gasteiger partial charge is 0.460 e. The van der Waals surface area contributed by atoms with E-state index in [-0.39, 0.29) is 24.4 Å². The van der Waals surface area contributed by atoms with E-state index in [0.717, 1.165) is 17.9 Å². The highest BCUT2D eigenvalue weighted by atomic mass is 32.1. The lowest BCUT2D eigenvalue weighted by atomic mass is 10.1. The van der Waals surface area contributed by atoms with Crippen LogP contribution in [-0.2, 0) is 14.3 Å². The summed E-state index contributed by atoms with van der Waals surface area (Å²) in [6.45, 7) is 5.27. The lowest BCUT2D eigenvalue weighted by molar-refractivity contribution is -0.149. The van der Waals surface area contributed by atoms with Crippen LogP contribution >= 0.6 is 12.2 Å². The van der Waals surface area contributed by atoms with Crippen LogP contribution in [0.3, 0.4) is 0 Å². The summed E-state index contributed by atoms with van der Waals surface area (Å²) in [5.41, 5.74) is 1.43. The van der Waals surface area contributed by atoms with Crippen molar-refractivity contribution < 1.29 is 14.3 Å². The molecule has 0 bridgehead atoms. The van der Waals surface area contributed by atoms with Gasteiger partial charge in [-0.1, -0.05) is 19.1 Å². The molecule has 0 amide bonds. The minimum atomic E-state index is -0.289. The number of rotatable bonds is 3. The van der Waals surface area contributed by atoms with Gasteiger partial charge in [0.15, 0.2) is 4.64 Å². The van der Waals surface area contributed by atoms with Gasteiger partial charge in [-0.3, -0.25) is 9.36 Å². The van der Waals surface area contributed by atoms with Gasteiger partial charge in [0, 0.05) is 13.3 Å². The monoisotopic (exact) mass is 322 g/mol. The van der Waals surface area contributed by atoms with E-state index in [0.29, 0.717) is 16.6 Å². The van der Waals surface area contributed by atoms with Crippen LogP contribution in [0.1, 0.15) is 38.7 Å². The van der Waals surface area contributed by atoms with Crippen molar-refractivity contribution in [2.45, 2.75) is 52.0 Å². The quantitative estimate of drug-likeness (QED) is 0.690. The second kappa shape index (κ2) is 5.77. The first-order valence-electron chi connectivity index (χ1n) is 7.25. The van der Waals surface area contributed by atoms with Crippen molar-refractivity contribution >= 4 is 29.4 Å². The summed E-state index contributed by atoms with van der Waals surface area (Å²) in [6.07, 6.45) is 2.45. The van der Waals surface area contributed by atoms with Crippen LogP contribution in [0.5, 0.6) is 0 Å². The number of hydrogen-bond acceptors (Lipinski definition) is 6. The number of carbonyl (C=O) groups is 1. The number of aromatic amines is 1. The van der Waals surface area contributed by atoms with Gasteiger partial charge >= 0.3 is 5.97 Å². The van der Waals surface area contributed by atoms with E-state index in [1.54, 1.807) is 6.33 Å². The zero-order valence-electron chi connectivity index (χ0n) is 12.7. The summed E-state index contributed by atoms with van der Waals surface area (Å²) in [6, 6.07) is 0. The molecule has 22 heavy (non-hydrogen) atoms. The van der Waals surface area contributed by atoms with Gasteiger partial charge in [0.25, 0.3) is 0 Å². The van der Waals surface area contributed by atoms with Crippen LogP contribution in [0.4, 0.5) is 0 Å². The molecule has 7 nitrogen and oxygen atoms in total. The normalized spacial score (nSPS) is 24.8. The van der Waals surface area contributed by atoms with Gasteiger partial charge in [0.05, 0.1) is 12.4 Å². The molecule has 0 aromatic carbocycles. The van der Waals surface area contributed by atoms with Crippen molar-refractivity contribution in [3.8, 4) is 0 Å². The fourth-order valence-electron chi connectivity index (χ4n) is 2.84. The number of hydrogen-bond donors (Lipinski definition) is 1. The molecule has 0 saturated carbocycles. The molecule has 1 aliphatic rings. The number of nitrogens with one attached hydrogen (secondary N) is 1. The molecular weight excluding hydrogens is 304 g/mol. The first-order chi connectivity index (χ1) is 10.5. The minimum Gasteiger partial charge on any atom is -0.460 e. The number of H-pyrrole nitrogens is 1. The molecule has 8 heteroatoms. The average Bonchev–Trinajstić information content (AvgIpc) is 3.01. The Kier molecular flexibility index (Phi) is 3.96. The Bertz CT molecular complexity index is 769. The van der Waals surface area contributed by atoms with Crippen LogP contribution in [0, 0.1) is 11.6 Å². The van der Waals surface area contributed by atoms with Crippen molar-refractivity contribution in [3.05, 3.63) is 16.8 Å². The molecule has 3 atom stereocenters. The summed E-state index contributed by atoms with van der Waals surface area (Å²) < 4.78 is 13.7. The number of aryl methyl sites for hydroxylation is 1. The van der Waals surface area contributed by atoms with Gasteiger partial charge < -0.3 is 14.5 Å². The lowest BCUT2D eigenvalue weighted by Crippen LogP contribution is -2.25. The van der Waals surface area contributed by atoms with Crippen molar-refractivity contribution in [3.63, 3.8) is 0 Å². The second-order valence-electron chi connectivity index (χ2n) is 5.40. The molecule has 3 rings (SSSR count). The first kappa shape index (κ1) is 15.1. The molecular formula is C14H18N4O3S. The fourth-order valence-corrected chi connectivity index (χ4v) is 3.12. The molecule has 118 valence electrons. The smallest absolute Gasteiger partial charge is 0.302 e. The van der Waals surface area contributed by atoms with Crippen LogP contribution in [0.15, 0.2) is 6.33 Å². The average molecular weight is 322 g/mol. The van der Waals surface area contributed by atoms with Gasteiger partial charge in [-0.25, -0.2) is 9.97 Å². The molecule has 1 N–H and O–H groups in total. The van der Waals surface area contributed by atoms with E-state index in [9.17, 15) is 4.79 Å². The van der Waals surface area contributed by atoms with Crippen molar-refractivity contribution in [2.24, 2.45) is 0 Å². The number of esters is 1. The number of nitrogens with zero attached hydrogens (tertiary/aromatic N) is 3. The molecule has 0 radical (unpaired) electrons. The summed E-state index contributed by atoms with van der Waals surface area (Å²) >= 11 is 5.24. The van der Waals surface area contributed by atoms with Crippen molar-refractivity contribution in [1.29, 1.82) is 0 Å². The van der Waals surface area contributed by atoms with E-state index < -0.39 is 0 Å². The number of fused-ring (bicyclic) bond motifs is 1. The topological polar surface area (TPSA) is 82.0 Å². The van der Waals surface area contributed by atoms with E-state index in [1.165, 1.54) is 6.92 Å². The third-order valence-corrected chi connectivity index (χ3v) is 4.06. The van der Waals surface area contributed by atoms with Crippen LogP contribution in [-0.4, -0.2) is 37.7 Å². The predicted octanol–water partition coefficient (Wildman–Crippen LogP) is 2.43. The molecule has 1 unspecified atom stereocenters. The second-order valence-corrected chi connectivity index (χ2v) is 5.78. The maximum Gasteiger partial charge on any atom is 0.302 e. The molecule has 0 spiro atoms. The number of aromatic nitrogens is 4. The highest BCUT2D eigenvalue weighted by Crippen LogP contribution is 2.34. The molecule has 1 saturated heterocycles.